The highest BCUT2D eigenvalue weighted by molar-refractivity contribution is 5.01. The second-order valence-electron chi connectivity index (χ2n) is 5.20. The molecular formula is C11H23NO2. The van der Waals surface area contributed by atoms with Crippen LogP contribution < -0.4 is 5.73 Å². The fourth-order valence-corrected chi connectivity index (χ4v) is 2.56. The largest absolute Gasteiger partial charge is 0.392 e. The van der Waals surface area contributed by atoms with E-state index in [1.165, 1.54) is 0 Å². The Morgan fingerprint density at radius 2 is 2.07 bits per heavy atom. The van der Waals surface area contributed by atoms with Crippen LogP contribution in [0.1, 0.15) is 33.1 Å². The van der Waals surface area contributed by atoms with Crippen LogP contribution in [-0.2, 0) is 4.74 Å². The van der Waals surface area contributed by atoms with Crippen molar-refractivity contribution in [1.29, 1.82) is 0 Å². The van der Waals surface area contributed by atoms with Crippen molar-refractivity contribution in [2.75, 3.05) is 20.3 Å². The fraction of sp³-hybridized carbons (Fsp3) is 1.00. The molecule has 0 aromatic carbocycles. The van der Waals surface area contributed by atoms with Gasteiger partial charge in [-0.1, -0.05) is 13.8 Å². The molecule has 84 valence electrons. The number of ether oxygens (including phenoxy) is 1. The topological polar surface area (TPSA) is 55.5 Å². The molecule has 0 bridgehead atoms. The molecule has 3 nitrogen and oxygen atoms in total. The molecule has 1 fully saturated rings. The van der Waals surface area contributed by atoms with E-state index in [2.05, 4.69) is 13.8 Å². The maximum atomic E-state index is 10.3. The number of aliphatic hydroxyl groups is 1. The van der Waals surface area contributed by atoms with E-state index < -0.39 is 0 Å². The Labute approximate surface area is 86.6 Å². The Bertz CT molecular complexity index is 194. The summed E-state index contributed by atoms with van der Waals surface area (Å²) in [6.07, 6.45) is 2.64. The van der Waals surface area contributed by atoms with Crippen LogP contribution in [-0.4, -0.2) is 31.5 Å². The number of methoxy groups -OCH3 is 1. The van der Waals surface area contributed by atoms with Gasteiger partial charge in [0.1, 0.15) is 0 Å². The predicted octanol–water partition coefficient (Wildman–Crippen LogP) is 1.15. The van der Waals surface area contributed by atoms with Crippen molar-refractivity contribution in [3.63, 3.8) is 0 Å². The van der Waals surface area contributed by atoms with Crippen LogP contribution in [0.4, 0.5) is 0 Å². The van der Waals surface area contributed by atoms with Crippen LogP contribution in [0.15, 0.2) is 0 Å². The van der Waals surface area contributed by atoms with Gasteiger partial charge in [0, 0.05) is 25.7 Å². The lowest BCUT2D eigenvalue weighted by atomic mass is 9.76. The summed E-state index contributed by atoms with van der Waals surface area (Å²) in [4.78, 5) is 0. The molecule has 0 aromatic rings. The first-order valence-electron chi connectivity index (χ1n) is 5.35. The summed E-state index contributed by atoms with van der Waals surface area (Å²) < 4.78 is 5.08. The number of hydrogen-bond donors (Lipinski definition) is 2. The second-order valence-corrected chi connectivity index (χ2v) is 5.20. The zero-order chi connectivity index (χ0) is 10.8. The van der Waals surface area contributed by atoms with Crippen LogP contribution in [0.3, 0.4) is 0 Å². The smallest absolute Gasteiger partial charge is 0.0660 e. The summed E-state index contributed by atoms with van der Waals surface area (Å²) in [6.45, 7) is 5.47. The number of nitrogens with two attached hydrogens (primary N) is 1. The number of rotatable bonds is 4. The standard InChI is InChI=1S/C11H23NO2/c1-10(2)4-5-11(8-12,9(10)13)6-7-14-3/h9,13H,4-8,12H2,1-3H3. The maximum absolute atomic E-state index is 10.3. The third-order valence-electron chi connectivity index (χ3n) is 3.80. The summed E-state index contributed by atoms with van der Waals surface area (Å²) in [6, 6.07) is 0. The van der Waals surface area contributed by atoms with Crippen molar-refractivity contribution < 1.29 is 9.84 Å². The molecular weight excluding hydrogens is 178 g/mol. The van der Waals surface area contributed by atoms with Crippen LogP contribution in [0, 0.1) is 10.8 Å². The average Bonchev–Trinajstić information content (AvgIpc) is 2.39. The maximum Gasteiger partial charge on any atom is 0.0660 e. The van der Waals surface area contributed by atoms with Gasteiger partial charge in [-0.15, -0.1) is 0 Å². The van der Waals surface area contributed by atoms with Crippen molar-refractivity contribution in [3.05, 3.63) is 0 Å². The zero-order valence-corrected chi connectivity index (χ0v) is 9.55. The van der Waals surface area contributed by atoms with Crippen LogP contribution in [0.2, 0.25) is 0 Å². The van der Waals surface area contributed by atoms with Gasteiger partial charge in [-0.2, -0.15) is 0 Å². The SMILES string of the molecule is COCCC1(CN)CCC(C)(C)C1O. The molecule has 0 aromatic heterocycles. The molecule has 0 saturated heterocycles. The van der Waals surface area contributed by atoms with Gasteiger partial charge < -0.3 is 15.6 Å². The molecule has 3 heteroatoms. The van der Waals surface area contributed by atoms with E-state index in [1.807, 2.05) is 0 Å². The van der Waals surface area contributed by atoms with E-state index in [0.29, 0.717) is 13.2 Å². The fourth-order valence-electron chi connectivity index (χ4n) is 2.56. The molecule has 1 aliphatic rings. The number of hydrogen-bond acceptors (Lipinski definition) is 3. The van der Waals surface area contributed by atoms with Crippen molar-refractivity contribution in [2.24, 2.45) is 16.6 Å². The molecule has 0 radical (unpaired) electrons. The van der Waals surface area contributed by atoms with Gasteiger partial charge in [0.05, 0.1) is 6.10 Å². The summed E-state index contributed by atoms with van der Waals surface area (Å²) in [5, 5.41) is 10.3. The van der Waals surface area contributed by atoms with Gasteiger partial charge in [0.2, 0.25) is 0 Å². The molecule has 1 rings (SSSR count). The Morgan fingerprint density at radius 1 is 1.43 bits per heavy atom. The van der Waals surface area contributed by atoms with Gasteiger partial charge in [-0.25, -0.2) is 0 Å². The highest BCUT2D eigenvalue weighted by Crippen LogP contribution is 2.50. The van der Waals surface area contributed by atoms with Gasteiger partial charge in [0.15, 0.2) is 0 Å². The molecule has 2 unspecified atom stereocenters. The number of aliphatic hydroxyl groups excluding tert-OH is 1. The van der Waals surface area contributed by atoms with Crippen LogP contribution in [0.5, 0.6) is 0 Å². The van der Waals surface area contributed by atoms with E-state index in [4.69, 9.17) is 10.5 Å². The lowest BCUT2D eigenvalue weighted by molar-refractivity contribution is -0.0195. The average molecular weight is 201 g/mol. The van der Waals surface area contributed by atoms with Crippen LogP contribution >= 0.6 is 0 Å². The highest BCUT2D eigenvalue weighted by Gasteiger charge is 2.50. The monoisotopic (exact) mass is 201 g/mol. The summed E-state index contributed by atoms with van der Waals surface area (Å²) in [5.41, 5.74) is 5.70. The van der Waals surface area contributed by atoms with E-state index in [9.17, 15) is 5.11 Å². The molecule has 0 heterocycles. The third kappa shape index (κ3) is 1.95. The lowest BCUT2D eigenvalue weighted by Crippen LogP contribution is -2.43. The minimum absolute atomic E-state index is 0.00705. The van der Waals surface area contributed by atoms with Gasteiger partial charge in [0.25, 0.3) is 0 Å². The minimum atomic E-state index is -0.296. The molecule has 14 heavy (non-hydrogen) atoms. The zero-order valence-electron chi connectivity index (χ0n) is 9.55. The minimum Gasteiger partial charge on any atom is -0.392 e. The van der Waals surface area contributed by atoms with E-state index >= 15 is 0 Å². The lowest BCUT2D eigenvalue weighted by Gasteiger charge is -2.35. The molecule has 3 N–H and O–H groups in total. The van der Waals surface area contributed by atoms with Gasteiger partial charge >= 0.3 is 0 Å². The van der Waals surface area contributed by atoms with E-state index in [-0.39, 0.29) is 16.9 Å². The first-order valence-corrected chi connectivity index (χ1v) is 5.35. The normalized spacial score (nSPS) is 36.2. The first kappa shape index (κ1) is 12.0. The van der Waals surface area contributed by atoms with Gasteiger partial charge in [-0.3, -0.25) is 0 Å². The Morgan fingerprint density at radius 3 is 2.43 bits per heavy atom. The molecule has 0 aliphatic heterocycles. The van der Waals surface area contributed by atoms with Gasteiger partial charge in [-0.05, 0) is 24.7 Å². The van der Waals surface area contributed by atoms with E-state index in [1.54, 1.807) is 7.11 Å². The Hall–Kier alpha value is -0.120. The van der Waals surface area contributed by atoms with Crippen molar-refractivity contribution in [2.45, 2.75) is 39.2 Å². The predicted molar refractivity (Wildman–Crippen MR) is 57.0 cm³/mol. The molecule has 2 atom stereocenters. The van der Waals surface area contributed by atoms with E-state index in [0.717, 1.165) is 19.3 Å². The van der Waals surface area contributed by atoms with Crippen molar-refractivity contribution >= 4 is 0 Å². The molecule has 1 saturated carbocycles. The molecule has 1 aliphatic carbocycles. The molecule has 0 amide bonds. The highest BCUT2D eigenvalue weighted by atomic mass is 16.5. The molecule has 0 spiro atoms. The summed E-state index contributed by atoms with van der Waals surface area (Å²) in [7, 11) is 1.69. The Balaban J connectivity index is 2.71. The quantitative estimate of drug-likeness (QED) is 0.717. The summed E-state index contributed by atoms with van der Waals surface area (Å²) >= 11 is 0. The first-order chi connectivity index (χ1) is 6.48. The second kappa shape index (κ2) is 4.17. The van der Waals surface area contributed by atoms with Crippen molar-refractivity contribution in [1.82, 2.24) is 0 Å². The van der Waals surface area contributed by atoms with Crippen molar-refractivity contribution in [3.8, 4) is 0 Å². The van der Waals surface area contributed by atoms with Crippen LogP contribution in [0.25, 0.3) is 0 Å². The Kier molecular flexibility index (Phi) is 3.56. The third-order valence-corrected chi connectivity index (χ3v) is 3.80. The summed E-state index contributed by atoms with van der Waals surface area (Å²) in [5.74, 6) is 0.